The molecule has 1 atom stereocenters. The molecule has 1 unspecified atom stereocenters. The fourth-order valence-electron chi connectivity index (χ4n) is 2.17. The van der Waals surface area contributed by atoms with Crippen molar-refractivity contribution in [2.45, 2.75) is 13.0 Å². The van der Waals surface area contributed by atoms with Crippen molar-refractivity contribution in [1.82, 2.24) is 10.2 Å². The van der Waals surface area contributed by atoms with E-state index in [1.54, 1.807) is 0 Å². The second-order valence-electron chi connectivity index (χ2n) is 3.90. The van der Waals surface area contributed by atoms with Gasteiger partial charge in [0.25, 0.3) is 0 Å². The molecule has 0 aliphatic carbocycles. The molecule has 2 rings (SSSR count). The number of nitrogens with one attached hydrogen (secondary N) is 1. The molecule has 1 N–H and O–H groups in total. The molecule has 1 fully saturated rings. The van der Waals surface area contributed by atoms with Crippen LogP contribution >= 0.6 is 15.9 Å². The summed E-state index contributed by atoms with van der Waals surface area (Å²) < 4.78 is 1.17. The third-order valence-electron chi connectivity index (χ3n) is 2.99. The van der Waals surface area contributed by atoms with Crippen LogP contribution in [-0.2, 0) is 0 Å². The average molecular weight is 269 g/mol. The van der Waals surface area contributed by atoms with Crippen LogP contribution in [0.4, 0.5) is 0 Å². The van der Waals surface area contributed by atoms with Gasteiger partial charge in [-0.2, -0.15) is 0 Å². The summed E-state index contributed by atoms with van der Waals surface area (Å²) in [6.45, 7) is 6.67. The van der Waals surface area contributed by atoms with Crippen LogP contribution in [-0.4, -0.2) is 31.1 Å². The second kappa shape index (κ2) is 5.10. The number of benzene rings is 1. The topological polar surface area (TPSA) is 15.3 Å². The lowest BCUT2D eigenvalue weighted by molar-refractivity contribution is 0.171. The van der Waals surface area contributed by atoms with Gasteiger partial charge in [0, 0.05) is 30.1 Å². The van der Waals surface area contributed by atoms with Crippen molar-refractivity contribution >= 4 is 15.9 Å². The Labute approximate surface area is 99.8 Å². The number of piperazine rings is 1. The summed E-state index contributed by atoms with van der Waals surface area (Å²) >= 11 is 3.53. The highest BCUT2D eigenvalue weighted by atomic mass is 79.9. The van der Waals surface area contributed by atoms with E-state index in [9.17, 15) is 0 Å². The van der Waals surface area contributed by atoms with Crippen molar-refractivity contribution in [3.05, 3.63) is 34.3 Å². The number of nitrogens with zero attached hydrogens (tertiary/aromatic N) is 1. The molecule has 0 aromatic heterocycles. The molecular weight excluding hydrogens is 252 g/mol. The van der Waals surface area contributed by atoms with Gasteiger partial charge in [-0.3, -0.25) is 4.90 Å². The van der Waals surface area contributed by atoms with Crippen molar-refractivity contribution in [3.8, 4) is 0 Å². The quantitative estimate of drug-likeness (QED) is 0.887. The first kappa shape index (κ1) is 11.1. The highest BCUT2D eigenvalue weighted by Gasteiger charge is 2.21. The van der Waals surface area contributed by atoms with Crippen molar-refractivity contribution < 1.29 is 0 Å². The first-order valence-electron chi connectivity index (χ1n) is 5.51. The lowest BCUT2D eigenvalue weighted by Crippen LogP contribution is -2.45. The minimum atomic E-state index is 0.529. The van der Waals surface area contributed by atoms with Gasteiger partial charge in [0.15, 0.2) is 0 Å². The van der Waals surface area contributed by atoms with Crippen molar-refractivity contribution in [3.63, 3.8) is 0 Å². The van der Waals surface area contributed by atoms with E-state index in [1.165, 1.54) is 10.0 Å². The van der Waals surface area contributed by atoms with Crippen molar-refractivity contribution in [1.29, 1.82) is 0 Å². The zero-order valence-electron chi connectivity index (χ0n) is 9.04. The molecule has 3 heteroatoms. The minimum absolute atomic E-state index is 0.529. The predicted octanol–water partition coefficient (Wildman–Crippen LogP) is 2.42. The summed E-state index contributed by atoms with van der Waals surface area (Å²) in [5.41, 5.74) is 1.40. The monoisotopic (exact) mass is 268 g/mol. The number of likely N-dealkylation sites (N-methyl/N-ethyl adjacent to an activating group) is 1. The summed E-state index contributed by atoms with van der Waals surface area (Å²) in [4.78, 5) is 2.53. The lowest BCUT2D eigenvalue weighted by Gasteiger charge is -2.35. The predicted molar refractivity (Wildman–Crippen MR) is 67.0 cm³/mol. The fourth-order valence-corrected chi connectivity index (χ4v) is 2.58. The summed E-state index contributed by atoms with van der Waals surface area (Å²) in [6, 6.07) is 9.16. The highest BCUT2D eigenvalue weighted by Crippen LogP contribution is 2.24. The first-order chi connectivity index (χ1) is 7.31. The Morgan fingerprint density at radius 3 is 3.13 bits per heavy atom. The molecule has 1 aliphatic heterocycles. The maximum absolute atomic E-state index is 3.53. The smallest absolute Gasteiger partial charge is 0.0473 e. The van der Waals surface area contributed by atoms with Crippen LogP contribution in [0.15, 0.2) is 28.7 Å². The van der Waals surface area contributed by atoms with Crippen LogP contribution in [0, 0.1) is 0 Å². The molecule has 0 radical (unpaired) electrons. The van der Waals surface area contributed by atoms with E-state index in [-0.39, 0.29) is 0 Å². The average Bonchev–Trinajstić information content (AvgIpc) is 2.29. The third kappa shape index (κ3) is 2.60. The summed E-state index contributed by atoms with van der Waals surface area (Å²) in [5, 5.41) is 3.46. The molecule has 1 aliphatic rings. The van der Waals surface area contributed by atoms with E-state index >= 15 is 0 Å². The second-order valence-corrected chi connectivity index (χ2v) is 4.82. The molecule has 0 amide bonds. The normalized spacial score (nSPS) is 22.9. The zero-order valence-corrected chi connectivity index (χ0v) is 10.6. The van der Waals surface area contributed by atoms with Crippen molar-refractivity contribution in [2.24, 2.45) is 0 Å². The minimum Gasteiger partial charge on any atom is -0.314 e. The van der Waals surface area contributed by atoms with Gasteiger partial charge in [-0.05, 0) is 24.2 Å². The summed E-state index contributed by atoms with van der Waals surface area (Å²) in [5.74, 6) is 0. The van der Waals surface area contributed by atoms with Gasteiger partial charge >= 0.3 is 0 Å². The number of hydrogen-bond acceptors (Lipinski definition) is 2. The van der Waals surface area contributed by atoms with Gasteiger partial charge in [0.2, 0.25) is 0 Å². The largest absolute Gasteiger partial charge is 0.314 e. The molecule has 1 heterocycles. The molecule has 0 bridgehead atoms. The Morgan fingerprint density at radius 2 is 2.40 bits per heavy atom. The van der Waals surface area contributed by atoms with Gasteiger partial charge in [0.05, 0.1) is 0 Å². The van der Waals surface area contributed by atoms with Crippen LogP contribution in [0.2, 0.25) is 0 Å². The van der Waals surface area contributed by atoms with E-state index in [0.717, 1.165) is 26.2 Å². The maximum Gasteiger partial charge on any atom is 0.0473 e. The third-order valence-corrected chi connectivity index (χ3v) is 3.49. The molecule has 2 nitrogen and oxygen atoms in total. The van der Waals surface area contributed by atoms with E-state index in [1.807, 2.05) is 0 Å². The first-order valence-corrected chi connectivity index (χ1v) is 6.31. The molecule has 1 saturated heterocycles. The molecule has 1 aromatic carbocycles. The van der Waals surface area contributed by atoms with E-state index < -0.39 is 0 Å². The molecule has 82 valence electrons. The van der Waals surface area contributed by atoms with E-state index in [2.05, 4.69) is 57.3 Å². The Kier molecular flexibility index (Phi) is 3.78. The fraction of sp³-hybridized carbons (Fsp3) is 0.500. The SMILES string of the molecule is CCN1CCNCC1c1cccc(Br)c1. The highest BCUT2D eigenvalue weighted by molar-refractivity contribution is 9.10. The van der Waals surface area contributed by atoms with Gasteiger partial charge in [0.1, 0.15) is 0 Å². The van der Waals surface area contributed by atoms with E-state index in [0.29, 0.717) is 6.04 Å². The summed E-state index contributed by atoms with van der Waals surface area (Å²) in [7, 11) is 0. The van der Waals surface area contributed by atoms with E-state index in [4.69, 9.17) is 0 Å². The van der Waals surface area contributed by atoms with Crippen LogP contribution in [0.3, 0.4) is 0 Å². The molecule has 0 saturated carbocycles. The standard InChI is InChI=1S/C12H17BrN2/c1-2-15-7-6-14-9-12(15)10-4-3-5-11(13)8-10/h3-5,8,12,14H,2,6-7,9H2,1H3. The molecule has 0 spiro atoms. The number of rotatable bonds is 2. The summed E-state index contributed by atoms with van der Waals surface area (Å²) in [6.07, 6.45) is 0. The Hall–Kier alpha value is -0.380. The Balaban J connectivity index is 2.20. The maximum atomic E-state index is 3.53. The van der Waals surface area contributed by atoms with Gasteiger partial charge < -0.3 is 5.32 Å². The van der Waals surface area contributed by atoms with Crippen LogP contribution in [0.25, 0.3) is 0 Å². The Morgan fingerprint density at radius 1 is 1.53 bits per heavy atom. The Bertz CT molecular complexity index is 327. The zero-order chi connectivity index (χ0) is 10.7. The van der Waals surface area contributed by atoms with Crippen LogP contribution < -0.4 is 5.32 Å². The number of hydrogen-bond donors (Lipinski definition) is 1. The molecule has 15 heavy (non-hydrogen) atoms. The van der Waals surface area contributed by atoms with Gasteiger partial charge in [-0.25, -0.2) is 0 Å². The molecular formula is C12H17BrN2. The number of halogens is 1. The molecule has 1 aromatic rings. The van der Waals surface area contributed by atoms with Gasteiger partial charge in [-0.15, -0.1) is 0 Å². The van der Waals surface area contributed by atoms with Crippen LogP contribution in [0.1, 0.15) is 18.5 Å². The van der Waals surface area contributed by atoms with Crippen LogP contribution in [0.5, 0.6) is 0 Å². The lowest BCUT2D eigenvalue weighted by atomic mass is 10.0. The van der Waals surface area contributed by atoms with Crippen molar-refractivity contribution in [2.75, 3.05) is 26.2 Å². The van der Waals surface area contributed by atoms with Gasteiger partial charge in [-0.1, -0.05) is 35.0 Å².